The molecule has 0 saturated heterocycles. The lowest BCUT2D eigenvalue weighted by Crippen LogP contribution is -2.02. The average molecular weight is 184 g/mol. The summed E-state index contributed by atoms with van der Waals surface area (Å²) in [6.07, 6.45) is 3.55. The van der Waals surface area contributed by atoms with Crippen LogP contribution in [0.2, 0.25) is 0 Å². The fraction of sp³-hybridized carbons (Fsp3) is 0.0909. The van der Waals surface area contributed by atoms with Crippen molar-refractivity contribution in [3.63, 3.8) is 0 Å². The Morgan fingerprint density at radius 2 is 2.29 bits per heavy atom. The summed E-state index contributed by atoms with van der Waals surface area (Å²) >= 11 is 0. The molecule has 0 atom stereocenters. The summed E-state index contributed by atoms with van der Waals surface area (Å²) in [6.45, 7) is 0.547. The molecule has 2 aromatic rings. The molecule has 1 aliphatic heterocycles. The molecule has 14 heavy (non-hydrogen) atoms. The molecule has 0 spiro atoms. The van der Waals surface area contributed by atoms with Gasteiger partial charge in [0, 0.05) is 23.9 Å². The highest BCUT2D eigenvalue weighted by Crippen LogP contribution is 2.33. The number of aliphatic imine (C=N–C) groups is 1. The van der Waals surface area contributed by atoms with Crippen LogP contribution in [0.4, 0.5) is 5.69 Å². The second-order valence-electron chi connectivity index (χ2n) is 3.14. The van der Waals surface area contributed by atoms with Gasteiger partial charge in [0.1, 0.15) is 18.0 Å². The Morgan fingerprint density at radius 3 is 3.29 bits per heavy atom. The van der Waals surface area contributed by atoms with Crippen molar-refractivity contribution in [2.75, 3.05) is 6.61 Å². The largest absolute Gasteiger partial charge is 0.486 e. The maximum atomic E-state index is 5.44. The average Bonchev–Trinajstić information content (AvgIpc) is 2.26. The van der Waals surface area contributed by atoms with Crippen LogP contribution in [0.25, 0.3) is 10.9 Å². The highest BCUT2D eigenvalue weighted by atomic mass is 16.5. The fourth-order valence-electron chi connectivity index (χ4n) is 1.57. The first-order valence-electron chi connectivity index (χ1n) is 4.47. The molecule has 0 aliphatic carbocycles. The van der Waals surface area contributed by atoms with Crippen LogP contribution in [0.15, 0.2) is 35.5 Å². The standard InChI is InChI=1S/C11H8N2O/c1-2-8-6-10-11(14-5-4-13-10)7-9(8)12-3-1/h1-4,6-7H,5H2. The highest BCUT2D eigenvalue weighted by molar-refractivity contribution is 5.86. The van der Waals surface area contributed by atoms with Crippen molar-refractivity contribution < 1.29 is 4.74 Å². The van der Waals surface area contributed by atoms with Crippen LogP contribution >= 0.6 is 0 Å². The summed E-state index contributed by atoms with van der Waals surface area (Å²) < 4.78 is 5.44. The zero-order chi connectivity index (χ0) is 9.38. The summed E-state index contributed by atoms with van der Waals surface area (Å²) in [6, 6.07) is 7.86. The van der Waals surface area contributed by atoms with Gasteiger partial charge in [-0.2, -0.15) is 0 Å². The van der Waals surface area contributed by atoms with Crippen LogP contribution in [0, 0.1) is 0 Å². The predicted molar refractivity (Wildman–Crippen MR) is 55.4 cm³/mol. The molecule has 1 aliphatic rings. The Hall–Kier alpha value is -1.90. The number of pyridine rings is 1. The molecule has 3 nitrogen and oxygen atoms in total. The van der Waals surface area contributed by atoms with Gasteiger partial charge in [-0.3, -0.25) is 9.98 Å². The second kappa shape index (κ2) is 2.80. The number of ether oxygens (including phenoxy) is 1. The first kappa shape index (κ1) is 7.50. The highest BCUT2D eigenvalue weighted by Gasteiger charge is 2.08. The molecule has 1 aromatic carbocycles. The van der Waals surface area contributed by atoms with E-state index in [1.165, 1.54) is 0 Å². The topological polar surface area (TPSA) is 34.5 Å². The molecule has 0 fully saturated rings. The van der Waals surface area contributed by atoms with Crippen molar-refractivity contribution in [3.8, 4) is 5.75 Å². The number of fused-ring (bicyclic) bond motifs is 2. The zero-order valence-electron chi connectivity index (χ0n) is 7.47. The molecular formula is C11H8N2O. The second-order valence-corrected chi connectivity index (χ2v) is 3.14. The van der Waals surface area contributed by atoms with Crippen LogP contribution in [-0.4, -0.2) is 17.8 Å². The molecular weight excluding hydrogens is 176 g/mol. The maximum absolute atomic E-state index is 5.44. The van der Waals surface area contributed by atoms with Gasteiger partial charge in [0.2, 0.25) is 0 Å². The minimum Gasteiger partial charge on any atom is -0.486 e. The van der Waals surface area contributed by atoms with Gasteiger partial charge in [-0.25, -0.2) is 0 Å². The molecule has 68 valence electrons. The Labute approximate surface area is 81.1 Å². The number of hydrogen-bond acceptors (Lipinski definition) is 3. The quantitative estimate of drug-likeness (QED) is 0.629. The summed E-state index contributed by atoms with van der Waals surface area (Å²) in [5.41, 5.74) is 1.83. The first-order chi connectivity index (χ1) is 6.93. The third-order valence-corrected chi connectivity index (χ3v) is 2.23. The van der Waals surface area contributed by atoms with E-state index in [2.05, 4.69) is 9.98 Å². The lowest BCUT2D eigenvalue weighted by Gasteiger charge is -2.11. The van der Waals surface area contributed by atoms with Gasteiger partial charge in [0.25, 0.3) is 0 Å². The van der Waals surface area contributed by atoms with Crippen molar-refractivity contribution in [2.24, 2.45) is 4.99 Å². The molecule has 3 rings (SSSR count). The van der Waals surface area contributed by atoms with Gasteiger partial charge in [-0.1, -0.05) is 6.07 Å². The van der Waals surface area contributed by atoms with E-state index in [0.29, 0.717) is 6.61 Å². The molecule has 0 saturated carbocycles. The molecule has 0 unspecified atom stereocenters. The lowest BCUT2D eigenvalue weighted by molar-refractivity contribution is 0.377. The van der Waals surface area contributed by atoms with E-state index < -0.39 is 0 Å². The smallest absolute Gasteiger partial charge is 0.147 e. The number of benzene rings is 1. The molecule has 0 amide bonds. The minimum absolute atomic E-state index is 0.547. The van der Waals surface area contributed by atoms with Gasteiger partial charge < -0.3 is 4.74 Å². The summed E-state index contributed by atoms with van der Waals surface area (Å²) in [5, 5.41) is 1.09. The SMILES string of the molecule is C1=Nc2cc3cccnc3cc2OC1. The third kappa shape index (κ3) is 1.06. The van der Waals surface area contributed by atoms with Crippen molar-refractivity contribution in [3.05, 3.63) is 30.5 Å². The number of rotatable bonds is 0. The van der Waals surface area contributed by atoms with Gasteiger partial charge in [-0.15, -0.1) is 0 Å². The van der Waals surface area contributed by atoms with Gasteiger partial charge in [0.05, 0.1) is 5.52 Å². The van der Waals surface area contributed by atoms with E-state index in [0.717, 1.165) is 22.3 Å². The van der Waals surface area contributed by atoms with Gasteiger partial charge >= 0.3 is 0 Å². The normalized spacial score (nSPS) is 13.7. The van der Waals surface area contributed by atoms with Crippen LogP contribution < -0.4 is 4.74 Å². The molecule has 0 radical (unpaired) electrons. The van der Waals surface area contributed by atoms with Crippen molar-refractivity contribution in [1.29, 1.82) is 0 Å². The van der Waals surface area contributed by atoms with Crippen molar-refractivity contribution >= 4 is 22.8 Å². The molecule has 0 N–H and O–H groups in total. The van der Waals surface area contributed by atoms with E-state index in [-0.39, 0.29) is 0 Å². The maximum Gasteiger partial charge on any atom is 0.147 e. The Bertz CT molecular complexity index is 520. The van der Waals surface area contributed by atoms with E-state index in [9.17, 15) is 0 Å². The molecule has 1 aromatic heterocycles. The number of aromatic nitrogens is 1. The Balaban J connectivity index is 2.34. The zero-order valence-corrected chi connectivity index (χ0v) is 7.47. The van der Waals surface area contributed by atoms with E-state index >= 15 is 0 Å². The van der Waals surface area contributed by atoms with Crippen LogP contribution in [-0.2, 0) is 0 Å². The Kier molecular flexibility index (Phi) is 1.50. The van der Waals surface area contributed by atoms with Crippen molar-refractivity contribution in [2.45, 2.75) is 0 Å². The van der Waals surface area contributed by atoms with E-state index in [4.69, 9.17) is 4.74 Å². The summed E-state index contributed by atoms with van der Waals surface area (Å²) in [4.78, 5) is 8.52. The van der Waals surface area contributed by atoms with Crippen molar-refractivity contribution in [1.82, 2.24) is 4.98 Å². The third-order valence-electron chi connectivity index (χ3n) is 2.23. The summed E-state index contributed by atoms with van der Waals surface area (Å²) in [7, 11) is 0. The van der Waals surface area contributed by atoms with E-state index in [1.807, 2.05) is 24.3 Å². The van der Waals surface area contributed by atoms with Gasteiger partial charge in [-0.05, 0) is 12.1 Å². The molecule has 2 heterocycles. The van der Waals surface area contributed by atoms with Crippen LogP contribution in [0.5, 0.6) is 5.75 Å². The van der Waals surface area contributed by atoms with Crippen LogP contribution in [0.1, 0.15) is 0 Å². The fourth-order valence-corrected chi connectivity index (χ4v) is 1.57. The number of nitrogens with zero attached hydrogens (tertiary/aromatic N) is 2. The number of hydrogen-bond donors (Lipinski definition) is 0. The van der Waals surface area contributed by atoms with Gasteiger partial charge in [0.15, 0.2) is 0 Å². The Morgan fingerprint density at radius 1 is 1.29 bits per heavy atom. The minimum atomic E-state index is 0.547. The summed E-state index contributed by atoms with van der Waals surface area (Å²) in [5.74, 6) is 0.818. The molecule has 0 bridgehead atoms. The molecule has 3 heteroatoms. The first-order valence-corrected chi connectivity index (χ1v) is 4.47. The lowest BCUT2D eigenvalue weighted by atomic mass is 10.2. The van der Waals surface area contributed by atoms with E-state index in [1.54, 1.807) is 12.4 Å². The van der Waals surface area contributed by atoms with Crippen LogP contribution in [0.3, 0.4) is 0 Å². The monoisotopic (exact) mass is 184 g/mol. The predicted octanol–water partition coefficient (Wildman–Crippen LogP) is 2.33.